The van der Waals surface area contributed by atoms with Gasteiger partial charge in [-0.05, 0) is 31.4 Å². The van der Waals surface area contributed by atoms with E-state index >= 15 is 0 Å². The van der Waals surface area contributed by atoms with Gasteiger partial charge in [0.2, 0.25) is 0 Å². The molecule has 1 amide bonds. The van der Waals surface area contributed by atoms with E-state index in [4.69, 9.17) is 0 Å². The summed E-state index contributed by atoms with van der Waals surface area (Å²) in [6.45, 7) is 2.76. The quantitative estimate of drug-likeness (QED) is 0.771. The fraction of sp³-hybridized carbons (Fsp3) is 0.412. The summed E-state index contributed by atoms with van der Waals surface area (Å²) in [5.74, 6) is 2.39. The first-order valence-corrected chi connectivity index (χ1v) is 8.84. The summed E-state index contributed by atoms with van der Waals surface area (Å²) < 4.78 is 0. The van der Waals surface area contributed by atoms with Crippen LogP contribution in [0.15, 0.2) is 30.3 Å². The number of aryl methyl sites for hydroxylation is 1. The number of nitrogens with one attached hydrogen (secondary N) is 2. The van der Waals surface area contributed by atoms with Gasteiger partial charge in [-0.15, -0.1) is 0 Å². The van der Waals surface area contributed by atoms with E-state index in [1.807, 2.05) is 17.8 Å². The molecule has 5 heteroatoms. The van der Waals surface area contributed by atoms with Gasteiger partial charge in [0.1, 0.15) is 5.69 Å². The molecule has 1 saturated carbocycles. The summed E-state index contributed by atoms with van der Waals surface area (Å²) in [6, 6.07) is 10.5. The van der Waals surface area contributed by atoms with Gasteiger partial charge in [0.25, 0.3) is 5.91 Å². The lowest BCUT2D eigenvalue weighted by molar-refractivity contribution is 0.0951. The number of aromatic nitrogens is 2. The molecule has 0 unspecified atom stereocenters. The number of carbonyl (C=O) groups excluding carboxylic acids is 1. The zero-order chi connectivity index (χ0) is 15.4. The minimum Gasteiger partial charge on any atom is -0.350 e. The average molecular weight is 315 g/mol. The molecule has 116 valence electrons. The molecule has 1 aromatic carbocycles. The highest BCUT2D eigenvalue weighted by Gasteiger charge is 2.26. The molecule has 0 bridgehead atoms. The van der Waals surface area contributed by atoms with Gasteiger partial charge in [0, 0.05) is 29.7 Å². The van der Waals surface area contributed by atoms with Crippen molar-refractivity contribution in [3.05, 3.63) is 52.8 Å². The molecule has 3 rings (SSSR count). The maximum atomic E-state index is 12.0. The van der Waals surface area contributed by atoms with Crippen LogP contribution in [-0.2, 0) is 5.75 Å². The number of aromatic amines is 1. The molecule has 2 aromatic rings. The maximum Gasteiger partial charge on any atom is 0.271 e. The van der Waals surface area contributed by atoms with Gasteiger partial charge >= 0.3 is 0 Å². The lowest BCUT2D eigenvalue weighted by atomic mass is 10.2. The Morgan fingerprint density at radius 2 is 2.14 bits per heavy atom. The van der Waals surface area contributed by atoms with E-state index in [0.717, 1.165) is 17.2 Å². The van der Waals surface area contributed by atoms with Crippen LogP contribution in [0.3, 0.4) is 0 Å². The number of rotatable bonds is 7. The van der Waals surface area contributed by atoms with Crippen LogP contribution < -0.4 is 5.32 Å². The van der Waals surface area contributed by atoms with E-state index in [0.29, 0.717) is 18.2 Å². The second kappa shape index (κ2) is 7.01. The molecule has 1 fully saturated rings. The third-order valence-corrected chi connectivity index (χ3v) is 4.80. The predicted molar refractivity (Wildman–Crippen MR) is 90.2 cm³/mol. The lowest BCUT2D eigenvalue weighted by Gasteiger charge is -2.04. The van der Waals surface area contributed by atoms with Crippen molar-refractivity contribution < 1.29 is 4.79 Å². The third-order valence-electron chi connectivity index (χ3n) is 3.77. The standard InChI is InChI=1S/C17H21N3OS/c1-12-2-4-13(5-3-12)11-22-9-8-18-17(21)16-10-15(19-20-16)14-6-7-14/h2-5,10,14H,6-9,11H2,1H3,(H,18,21)(H,19,20). The minimum absolute atomic E-state index is 0.0842. The van der Waals surface area contributed by atoms with Gasteiger partial charge in [0.05, 0.1) is 0 Å². The zero-order valence-corrected chi connectivity index (χ0v) is 13.6. The molecule has 0 aliphatic heterocycles. The Balaban J connectivity index is 1.35. The summed E-state index contributed by atoms with van der Waals surface area (Å²) in [7, 11) is 0. The van der Waals surface area contributed by atoms with E-state index in [9.17, 15) is 4.79 Å². The van der Waals surface area contributed by atoms with Crippen LogP contribution in [-0.4, -0.2) is 28.4 Å². The molecule has 0 atom stereocenters. The Morgan fingerprint density at radius 1 is 1.36 bits per heavy atom. The van der Waals surface area contributed by atoms with Gasteiger partial charge in [-0.1, -0.05) is 29.8 Å². The molecule has 2 N–H and O–H groups in total. The number of thioether (sulfide) groups is 1. The van der Waals surface area contributed by atoms with Crippen LogP contribution in [0.4, 0.5) is 0 Å². The molecule has 1 heterocycles. The minimum atomic E-state index is -0.0842. The lowest BCUT2D eigenvalue weighted by Crippen LogP contribution is -2.26. The first-order valence-electron chi connectivity index (χ1n) is 7.69. The summed E-state index contributed by atoms with van der Waals surface area (Å²) in [5, 5.41) is 9.97. The van der Waals surface area contributed by atoms with Crippen LogP contribution in [0.25, 0.3) is 0 Å². The SMILES string of the molecule is Cc1ccc(CSCCNC(=O)c2cc(C3CC3)[nH]n2)cc1. The Kier molecular flexibility index (Phi) is 4.83. The highest BCUT2D eigenvalue weighted by atomic mass is 32.2. The van der Waals surface area contributed by atoms with Gasteiger partial charge in [-0.25, -0.2) is 0 Å². The summed E-state index contributed by atoms with van der Waals surface area (Å²) >= 11 is 1.83. The largest absolute Gasteiger partial charge is 0.350 e. The smallest absolute Gasteiger partial charge is 0.271 e. The molecule has 1 aromatic heterocycles. The van der Waals surface area contributed by atoms with Crippen molar-refractivity contribution in [2.45, 2.75) is 31.4 Å². The number of H-pyrrole nitrogens is 1. The topological polar surface area (TPSA) is 57.8 Å². The summed E-state index contributed by atoms with van der Waals surface area (Å²) in [6.07, 6.45) is 2.41. The number of benzene rings is 1. The first kappa shape index (κ1) is 15.2. The van der Waals surface area contributed by atoms with E-state index in [1.54, 1.807) is 0 Å². The van der Waals surface area contributed by atoms with Crippen molar-refractivity contribution in [2.24, 2.45) is 0 Å². The van der Waals surface area contributed by atoms with Crippen LogP contribution in [0.2, 0.25) is 0 Å². The fourth-order valence-corrected chi connectivity index (χ4v) is 3.08. The number of carbonyl (C=O) groups is 1. The molecule has 0 radical (unpaired) electrons. The highest BCUT2D eigenvalue weighted by molar-refractivity contribution is 7.98. The normalized spacial score (nSPS) is 14.0. The van der Waals surface area contributed by atoms with Gasteiger partial charge < -0.3 is 5.32 Å². The Hall–Kier alpha value is -1.75. The molecular formula is C17H21N3OS. The molecule has 0 saturated heterocycles. The molecule has 1 aliphatic carbocycles. The van der Waals surface area contributed by atoms with Crippen molar-refractivity contribution in [2.75, 3.05) is 12.3 Å². The van der Waals surface area contributed by atoms with Gasteiger partial charge in [-0.3, -0.25) is 9.89 Å². The van der Waals surface area contributed by atoms with Crippen molar-refractivity contribution in [3.8, 4) is 0 Å². The van der Waals surface area contributed by atoms with E-state index in [2.05, 4.69) is 46.7 Å². The molecule has 1 aliphatic rings. The van der Waals surface area contributed by atoms with Crippen LogP contribution in [0, 0.1) is 6.92 Å². The molecular weight excluding hydrogens is 294 g/mol. The molecule has 4 nitrogen and oxygen atoms in total. The van der Waals surface area contributed by atoms with Crippen molar-refractivity contribution in [3.63, 3.8) is 0 Å². The monoisotopic (exact) mass is 315 g/mol. The predicted octanol–water partition coefficient (Wildman–Crippen LogP) is 3.26. The van der Waals surface area contributed by atoms with E-state index < -0.39 is 0 Å². The van der Waals surface area contributed by atoms with Gasteiger partial charge in [-0.2, -0.15) is 16.9 Å². The van der Waals surface area contributed by atoms with Crippen LogP contribution in [0.5, 0.6) is 0 Å². The number of hydrogen-bond donors (Lipinski definition) is 2. The molecule has 22 heavy (non-hydrogen) atoms. The van der Waals surface area contributed by atoms with Crippen molar-refractivity contribution in [1.82, 2.24) is 15.5 Å². The Morgan fingerprint density at radius 3 is 2.86 bits per heavy atom. The van der Waals surface area contributed by atoms with Crippen LogP contribution in [0.1, 0.15) is 46.1 Å². The molecule has 0 spiro atoms. The number of nitrogens with zero attached hydrogens (tertiary/aromatic N) is 1. The maximum absolute atomic E-state index is 12.0. The van der Waals surface area contributed by atoms with E-state index in [-0.39, 0.29) is 5.91 Å². The third kappa shape index (κ3) is 4.13. The highest BCUT2D eigenvalue weighted by Crippen LogP contribution is 2.38. The summed E-state index contributed by atoms with van der Waals surface area (Å²) in [4.78, 5) is 12.0. The van der Waals surface area contributed by atoms with Crippen molar-refractivity contribution in [1.29, 1.82) is 0 Å². The number of hydrogen-bond acceptors (Lipinski definition) is 3. The second-order valence-corrected chi connectivity index (χ2v) is 6.88. The Bertz CT molecular complexity index is 632. The van der Waals surface area contributed by atoms with Crippen molar-refractivity contribution >= 4 is 17.7 Å². The Labute approximate surface area is 135 Å². The first-order chi connectivity index (χ1) is 10.7. The fourth-order valence-electron chi connectivity index (χ4n) is 2.26. The zero-order valence-electron chi connectivity index (χ0n) is 12.8. The number of amides is 1. The van der Waals surface area contributed by atoms with Gasteiger partial charge in [0.15, 0.2) is 0 Å². The average Bonchev–Trinajstić information content (AvgIpc) is 3.26. The summed E-state index contributed by atoms with van der Waals surface area (Å²) in [5.41, 5.74) is 4.21. The van der Waals surface area contributed by atoms with Crippen LogP contribution >= 0.6 is 11.8 Å². The van der Waals surface area contributed by atoms with E-state index in [1.165, 1.54) is 24.0 Å². The second-order valence-electron chi connectivity index (χ2n) is 5.78.